The van der Waals surface area contributed by atoms with Gasteiger partial charge in [0.1, 0.15) is 6.61 Å². The van der Waals surface area contributed by atoms with Gasteiger partial charge in [-0.2, -0.15) is 0 Å². The molecule has 15 nitrogen and oxygen atoms in total. The van der Waals surface area contributed by atoms with Crippen molar-refractivity contribution in [1.29, 1.82) is 0 Å². The number of ether oxygens (including phenoxy) is 14. The molecular formula is C37H72O15. The number of esters is 1. The molecule has 2 atom stereocenters. The van der Waals surface area contributed by atoms with Gasteiger partial charge in [-0.05, 0) is 32.1 Å². The van der Waals surface area contributed by atoms with E-state index in [1.54, 1.807) is 0 Å². The van der Waals surface area contributed by atoms with Crippen molar-refractivity contribution in [2.24, 2.45) is 5.92 Å². The molecule has 0 radical (unpaired) electrons. The van der Waals surface area contributed by atoms with Crippen LogP contribution in [0, 0.1) is 5.92 Å². The lowest BCUT2D eigenvalue weighted by Crippen LogP contribution is -2.24. The summed E-state index contributed by atoms with van der Waals surface area (Å²) >= 11 is 0. The Hall–Kier alpha value is -1.05. The van der Waals surface area contributed by atoms with E-state index in [4.69, 9.17) is 66.3 Å². The zero-order valence-corrected chi connectivity index (χ0v) is 32.4. The summed E-state index contributed by atoms with van der Waals surface area (Å²) in [6, 6.07) is 0. The quantitative estimate of drug-likeness (QED) is 0.0662. The van der Waals surface area contributed by atoms with E-state index in [1.807, 2.05) is 6.92 Å². The maximum absolute atomic E-state index is 12.0. The van der Waals surface area contributed by atoms with Gasteiger partial charge in [-0.3, -0.25) is 4.79 Å². The highest BCUT2D eigenvalue weighted by molar-refractivity contribution is 5.72. The molecule has 1 rings (SSSR count). The van der Waals surface area contributed by atoms with Crippen molar-refractivity contribution in [3.8, 4) is 0 Å². The summed E-state index contributed by atoms with van der Waals surface area (Å²) in [5.41, 5.74) is 0. The normalized spacial score (nSPS) is 15.3. The lowest BCUT2D eigenvalue weighted by molar-refractivity contribution is -0.169. The van der Waals surface area contributed by atoms with Crippen molar-refractivity contribution in [2.75, 3.05) is 165 Å². The Labute approximate surface area is 313 Å². The van der Waals surface area contributed by atoms with Crippen LogP contribution in [0.3, 0.4) is 0 Å². The van der Waals surface area contributed by atoms with Crippen molar-refractivity contribution in [2.45, 2.75) is 65.1 Å². The van der Waals surface area contributed by atoms with Gasteiger partial charge in [-0.15, -0.1) is 0 Å². The third-order valence-corrected chi connectivity index (χ3v) is 7.59. The summed E-state index contributed by atoms with van der Waals surface area (Å²) < 4.78 is 76.8. The standard InChI is InChI=1S/C37H72O15/c1-3-5-8-35(4-2)37(38)52-34-32-49-30-28-47-26-24-45-22-20-43-18-16-41-14-12-39-11-13-40-15-17-42-19-21-44-23-25-46-27-29-48-31-33-51-36-9-6-7-10-50-36/h35-36H,3-34H2,1-2H3. The summed E-state index contributed by atoms with van der Waals surface area (Å²) in [5, 5.41) is 0. The van der Waals surface area contributed by atoms with E-state index in [-0.39, 0.29) is 24.8 Å². The minimum Gasteiger partial charge on any atom is -0.463 e. The molecule has 2 unspecified atom stereocenters. The largest absolute Gasteiger partial charge is 0.463 e. The number of unbranched alkanes of at least 4 members (excludes halogenated alkanes) is 1. The first-order valence-corrected chi connectivity index (χ1v) is 19.5. The minimum absolute atomic E-state index is 0.00500. The smallest absolute Gasteiger partial charge is 0.308 e. The second-order valence-electron chi connectivity index (χ2n) is 11.8. The summed E-state index contributed by atoms with van der Waals surface area (Å²) in [5.74, 6) is -0.126. The van der Waals surface area contributed by atoms with Crippen LogP contribution in [0.5, 0.6) is 0 Å². The zero-order valence-electron chi connectivity index (χ0n) is 32.4. The summed E-state index contributed by atoms with van der Waals surface area (Å²) in [6.45, 7) is 16.6. The Balaban J connectivity index is 1.63. The first-order valence-electron chi connectivity index (χ1n) is 19.5. The van der Waals surface area contributed by atoms with E-state index in [0.29, 0.717) is 152 Å². The molecule has 0 aromatic carbocycles. The highest BCUT2D eigenvalue weighted by atomic mass is 16.7. The molecule has 52 heavy (non-hydrogen) atoms. The number of carbonyl (C=O) groups excluding carboxylic acids is 1. The van der Waals surface area contributed by atoms with Gasteiger partial charge in [0.25, 0.3) is 0 Å². The highest BCUT2D eigenvalue weighted by Crippen LogP contribution is 2.14. The molecule has 1 aliphatic rings. The Bertz CT molecular complexity index is 715. The maximum Gasteiger partial charge on any atom is 0.308 e. The van der Waals surface area contributed by atoms with E-state index in [2.05, 4.69) is 6.92 Å². The fraction of sp³-hybridized carbons (Fsp3) is 0.973. The van der Waals surface area contributed by atoms with Crippen molar-refractivity contribution in [1.82, 2.24) is 0 Å². The molecule has 0 amide bonds. The second kappa shape index (κ2) is 41.1. The van der Waals surface area contributed by atoms with Gasteiger partial charge in [0, 0.05) is 6.61 Å². The van der Waals surface area contributed by atoms with Crippen LogP contribution in [-0.4, -0.2) is 177 Å². The molecule has 0 spiro atoms. The molecule has 1 heterocycles. The number of hydrogen-bond acceptors (Lipinski definition) is 15. The van der Waals surface area contributed by atoms with Crippen LogP contribution < -0.4 is 0 Å². The lowest BCUT2D eigenvalue weighted by atomic mass is 10.00. The van der Waals surface area contributed by atoms with Gasteiger partial charge in [-0.1, -0.05) is 26.7 Å². The average Bonchev–Trinajstić information content (AvgIpc) is 3.16. The van der Waals surface area contributed by atoms with Gasteiger partial charge in [-0.25, -0.2) is 0 Å². The van der Waals surface area contributed by atoms with Crippen molar-refractivity contribution in [3.05, 3.63) is 0 Å². The highest BCUT2D eigenvalue weighted by Gasteiger charge is 2.17. The average molecular weight is 757 g/mol. The molecule has 0 aromatic rings. The van der Waals surface area contributed by atoms with Gasteiger partial charge >= 0.3 is 5.97 Å². The number of rotatable bonds is 42. The monoisotopic (exact) mass is 756 g/mol. The van der Waals surface area contributed by atoms with Crippen LogP contribution in [0.15, 0.2) is 0 Å². The number of carbonyl (C=O) groups is 1. The molecular weight excluding hydrogens is 684 g/mol. The van der Waals surface area contributed by atoms with Gasteiger partial charge < -0.3 is 66.3 Å². The van der Waals surface area contributed by atoms with E-state index in [1.165, 1.54) is 0 Å². The van der Waals surface area contributed by atoms with Crippen LogP contribution in [0.2, 0.25) is 0 Å². The molecule has 0 bridgehead atoms. The fourth-order valence-electron chi connectivity index (χ4n) is 4.64. The Morgan fingerprint density at radius 3 is 1.15 bits per heavy atom. The van der Waals surface area contributed by atoms with E-state index in [9.17, 15) is 4.79 Å². The summed E-state index contributed by atoms with van der Waals surface area (Å²) in [4.78, 5) is 12.0. The van der Waals surface area contributed by atoms with Crippen molar-refractivity contribution in [3.63, 3.8) is 0 Å². The molecule has 0 aliphatic carbocycles. The van der Waals surface area contributed by atoms with Crippen LogP contribution in [-0.2, 0) is 71.1 Å². The predicted molar refractivity (Wildman–Crippen MR) is 193 cm³/mol. The van der Waals surface area contributed by atoms with Crippen molar-refractivity contribution < 1.29 is 71.1 Å². The van der Waals surface area contributed by atoms with E-state index < -0.39 is 0 Å². The fourth-order valence-corrected chi connectivity index (χ4v) is 4.64. The Morgan fingerprint density at radius 2 is 0.846 bits per heavy atom. The third-order valence-electron chi connectivity index (χ3n) is 7.59. The molecule has 1 fully saturated rings. The van der Waals surface area contributed by atoms with Gasteiger partial charge in [0.05, 0.1) is 158 Å². The SMILES string of the molecule is CCCCC(CC)C(=O)OCCOCCOCCOCCOCCOCCOCCOCCOCCOCCOCCOCCOC1CCCCO1. The first-order chi connectivity index (χ1) is 25.8. The Kier molecular flexibility index (Phi) is 38.7. The van der Waals surface area contributed by atoms with E-state index >= 15 is 0 Å². The Morgan fingerprint density at radius 1 is 0.500 bits per heavy atom. The van der Waals surface area contributed by atoms with E-state index in [0.717, 1.165) is 51.6 Å². The first kappa shape index (κ1) is 49.0. The molecule has 15 heteroatoms. The molecule has 0 N–H and O–H groups in total. The topological polar surface area (TPSA) is 146 Å². The van der Waals surface area contributed by atoms with Gasteiger partial charge in [0.15, 0.2) is 6.29 Å². The summed E-state index contributed by atoms with van der Waals surface area (Å²) in [7, 11) is 0. The zero-order chi connectivity index (χ0) is 37.3. The third kappa shape index (κ3) is 34.7. The molecule has 310 valence electrons. The molecule has 0 aromatic heterocycles. The summed E-state index contributed by atoms with van der Waals surface area (Å²) in [6.07, 6.45) is 7.01. The van der Waals surface area contributed by atoms with Crippen LogP contribution in [0.1, 0.15) is 58.8 Å². The lowest BCUT2D eigenvalue weighted by Gasteiger charge is -2.22. The van der Waals surface area contributed by atoms with Gasteiger partial charge in [0.2, 0.25) is 0 Å². The van der Waals surface area contributed by atoms with Crippen LogP contribution in [0.4, 0.5) is 0 Å². The van der Waals surface area contributed by atoms with Crippen LogP contribution >= 0.6 is 0 Å². The molecule has 1 aliphatic heterocycles. The van der Waals surface area contributed by atoms with Crippen LogP contribution in [0.25, 0.3) is 0 Å². The predicted octanol–water partition coefficient (Wildman–Crippen LogP) is 3.47. The second-order valence-corrected chi connectivity index (χ2v) is 11.8. The maximum atomic E-state index is 12.0. The molecule has 0 saturated carbocycles. The van der Waals surface area contributed by atoms with Crippen molar-refractivity contribution >= 4 is 5.97 Å². The number of hydrogen-bond donors (Lipinski definition) is 0. The minimum atomic E-state index is -0.121. The molecule has 1 saturated heterocycles.